The summed E-state index contributed by atoms with van der Waals surface area (Å²) in [4.78, 5) is 27.6. The van der Waals surface area contributed by atoms with E-state index < -0.39 is 6.04 Å². The number of benzene rings is 2. The van der Waals surface area contributed by atoms with Gasteiger partial charge in [0.1, 0.15) is 6.04 Å². The number of hydrogen-bond donors (Lipinski definition) is 1. The maximum atomic E-state index is 13.1. The van der Waals surface area contributed by atoms with Gasteiger partial charge in [-0.05, 0) is 37.0 Å². The van der Waals surface area contributed by atoms with Crippen molar-refractivity contribution < 1.29 is 9.59 Å². The van der Waals surface area contributed by atoms with Crippen LogP contribution in [0.3, 0.4) is 0 Å². The lowest BCUT2D eigenvalue weighted by atomic mass is 10.1. The molecular formula is C24H29ClN2O2S. The van der Waals surface area contributed by atoms with Gasteiger partial charge in [-0.1, -0.05) is 73.0 Å². The second kappa shape index (κ2) is 11.4. The Bertz CT molecular complexity index is 840. The largest absolute Gasteiger partial charge is 0.352 e. The van der Waals surface area contributed by atoms with Crippen molar-refractivity contribution in [3.05, 3.63) is 70.7 Å². The number of thioether (sulfide) groups is 1. The van der Waals surface area contributed by atoms with Gasteiger partial charge < -0.3 is 10.2 Å². The molecule has 1 saturated carbocycles. The first kappa shape index (κ1) is 22.7. The Morgan fingerprint density at radius 2 is 1.77 bits per heavy atom. The molecule has 3 rings (SSSR count). The molecule has 1 fully saturated rings. The minimum absolute atomic E-state index is 0.0510. The molecule has 160 valence electrons. The molecule has 0 unspecified atom stereocenters. The maximum absolute atomic E-state index is 13.1. The van der Waals surface area contributed by atoms with Gasteiger partial charge in [-0.2, -0.15) is 0 Å². The molecule has 1 atom stereocenters. The number of carbonyl (C=O) groups excluding carboxylic acids is 2. The third-order valence-electron chi connectivity index (χ3n) is 5.50. The quantitative estimate of drug-likeness (QED) is 0.588. The summed E-state index contributed by atoms with van der Waals surface area (Å²) >= 11 is 7.90. The SMILES string of the molecule is C[C@@H](C(=O)NC1CCCC1)N(Cc1ccccc1Cl)C(=O)CSCc1ccccc1. The Morgan fingerprint density at radius 3 is 2.47 bits per heavy atom. The van der Waals surface area contributed by atoms with E-state index in [0.29, 0.717) is 17.3 Å². The van der Waals surface area contributed by atoms with Crippen molar-refractivity contribution in [3.63, 3.8) is 0 Å². The van der Waals surface area contributed by atoms with Crippen LogP contribution in [0.25, 0.3) is 0 Å². The Morgan fingerprint density at radius 1 is 1.10 bits per heavy atom. The van der Waals surface area contributed by atoms with E-state index in [2.05, 4.69) is 17.4 Å². The summed E-state index contributed by atoms with van der Waals surface area (Å²) in [5, 5.41) is 3.73. The summed E-state index contributed by atoms with van der Waals surface area (Å²) in [6.07, 6.45) is 4.34. The lowest BCUT2D eigenvalue weighted by molar-refractivity contribution is -0.138. The van der Waals surface area contributed by atoms with Gasteiger partial charge in [-0.15, -0.1) is 11.8 Å². The number of carbonyl (C=O) groups is 2. The number of nitrogens with zero attached hydrogens (tertiary/aromatic N) is 1. The first-order chi connectivity index (χ1) is 14.5. The minimum atomic E-state index is -0.549. The van der Waals surface area contributed by atoms with Crippen molar-refractivity contribution >= 4 is 35.2 Å². The zero-order chi connectivity index (χ0) is 21.3. The monoisotopic (exact) mass is 444 g/mol. The fourth-order valence-electron chi connectivity index (χ4n) is 3.70. The Balaban J connectivity index is 1.66. The molecule has 4 nitrogen and oxygen atoms in total. The molecule has 30 heavy (non-hydrogen) atoms. The zero-order valence-electron chi connectivity index (χ0n) is 17.4. The van der Waals surface area contributed by atoms with E-state index in [-0.39, 0.29) is 17.9 Å². The Kier molecular flexibility index (Phi) is 8.64. The summed E-state index contributed by atoms with van der Waals surface area (Å²) in [7, 11) is 0. The molecule has 1 N–H and O–H groups in total. The first-order valence-electron chi connectivity index (χ1n) is 10.5. The van der Waals surface area contributed by atoms with E-state index in [1.807, 2.05) is 42.5 Å². The van der Waals surface area contributed by atoms with E-state index in [0.717, 1.165) is 37.0 Å². The highest BCUT2D eigenvalue weighted by molar-refractivity contribution is 7.99. The predicted octanol–water partition coefficient (Wildman–Crippen LogP) is 5.05. The summed E-state index contributed by atoms with van der Waals surface area (Å²) in [6.45, 7) is 2.13. The van der Waals surface area contributed by atoms with Gasteiger partial charge in [0.25, 0.3) is 0 Å². The average Bonchev–Trinajstić information content (AvgIpc) is 3.26. The molecule has 0 radical (unpaired) electrons. The molecule has 2 aromatic carbocycles. The zero-order valence-corrected chi connectivity index (χ0v) is 18.9. The van der Waals surface area contributed by atoms with Crippen LogP contribution in [0.2, 0.25) is 5.02 Å². The summed E-state index contributed by atoms with van der Waals surface area (Å²) in [6, 6.07) is 17.2. The molecule has 1 aliphatic rings. The predicted molar refractivity (Wildman–Crippen MR) is 124 cm³/mol. The van der Waals surface area contributed by atoms with E-state index in [9.17, 15) is 9.59 Å². The topological polar surface area (TPSA) is 49.4 Å². The number of halogens is 1. The second-order valence-electron chi connectivity index (χ2n) is 7.76. The summed E-state index contributed by atoms with van der Waals surface area (Å²) in [5.41, 5.74) is 2.03. The van der Waals surface area contributed by atoms with Crippen LogP contribution in [0, 0.1) is 0 Å². The van der Waals surface area contributed by atoms with Gasteiger partial charge in [-0.25, -0.2) is 0 Å². The van der Waals surface area contributed by atoms with Crippen molar-refractivity contribution in [1.82, 2.24) is 10.2 Å². The lowest BCUT2D eigenvalue weighted by Gasteiger charge is -2.30. The third kappa shape index (κ3) is 6.51. The summed E-state index contributed by atoms with van der Waals surface area (Å²) in [5.74, 6) is 0.940. The van der Waals surface area contributed by atoms with Crippen LogP contribution >= 0.6 is 23.4 Å². The smallest absolute Gasteiger partial charge is 0.242 e. The second-order valence-corrected chi connectivity index (χ2v) is 9.15. The molecule has 0 aromatic heterocycles. The van der Waals surface area contributed by atoms with E-state index in [1.54, 1.807) is 23.6 Å². The molecule has 2 amide bonds. The molecule has 0 aliphatic heterocycles. The minimum Gasteiger partial charge on any atom is -0.352 e. The average molecular weight is 445 g/mol. The lowest BCUT2D eigenvalue weighted by Crippen LogP contribution is -2.50. The van der Waals surface area contributed by atoms with Crippen LogP contribution in [-0.2, 0) is 21.9 Å². The molecule has 0 bridgehead atoms. The molecule has 2 aromatic rings. The molecule has 6 heteroatoms. The van der Waals surface area contributed by atoms with Crippen molar-refractivity contribution in [3.8, 4) is 0 Å². The number of hydrogen-bond acceptors (Lipinski definition) is 3. The summed E-state index contributed by atoms with van der Waals surface area (Å²) < 4.78 is 0. The number of nitrogens with one attached hydrogen (secondary N) is 1. The first-order valence-corrected chi connectivity index (χ1v) is 12.0. The highest BCUT2D eigenvalue weighted by Gasteiger charge is 2.28. The van der Waals surface area contributed by atoms with Gasteiger partial charge in [-0.3, -0.25) is 9.59 Å². The van der Waals surface area contributed by atoms with Gasteiger partial charge in [0.05, 0.1) is 5.75 Å². The third-order valence-corrected chi connectivity index (χ3v) is 6.86. The van der Waals surface area contributed by atoms with Crippen LogP contribution in [0.1, 0.15) is 43.7 Å². The Hall–Kier alpha value is -1.98. The van der Waals surface area contributed by atoms with Crippen LogP contribution in [0.5, 0.6) is 0 Å². The van der Waals surface area contributed by atoms with Gasteiger partial charge in [0.2, 0.25) is 11.8 Å². The van der Waals surface area contributed by atoms with Crippen molar-refractivity contribution in [2.45, 2.75) is 57.0 Å². The van der Waals surface area contributed by atoms with Crippen LogP contribution in [-0.4, -0.2) is 34.6 Å². The van der Waals surface area contributed by atoms with E-state index in [4.69, 9.17) is 11.6 Å². The molecule has 0 spiro atoms. The standard InChI is InChI=1S/C24H29ClN2O2S/c1-18(24(29)26-21-12-6-7-13-21)27(15-20-11-5-8-14-22(20)25)23(28)17-30-16-19-9-3-2-4-10-19/h2-5,8-11,14,18,21H,6-7,12-13,15-17H2,1H3,(H,26,29)/t18-/m0/s1. The van der Waals surface area contributed by atoms with Crippen LogP contribution in [0.15, 0.2) is 54.6 Å². The van der Waals surface area contributed by atoms with E-state index in [1.165, 1.54) is 5.56 Å². The Labute approximate surface area is 188 Å². The maximum Gasteiger partial charge on any atom is 0.242 e. The van der Waals surface area contributed by atoms with E-state index >= 15 is 0 Å². The molecule has 0 heterocycles. The van der Waals surface area contributed by atoms with Gasteiger partial charge in [0.15, 0.2) is 0 Å². The number of amides is 2. The number of rotatable bonds is 9. The highest BCUT2D eigenvalue weighted by atomic mass is 35.5. The fourth-order valence-corrected chi connectivity index (χ4v) is 4.76. The van der Waals surface area contributed by atoms with Gasteiger partial charge in [0, 0.05) is 23.4 Å². The van der Waals surface area contributed by atoms with Crippen molar-refractivity contribution in [2.75, 3.05) is 5.75 Å². The van der Waals surface area contributed by atoms with Crippen molar-refractivity contribution in [2.24, 2.45) is 0 Å². The normalized spacial score (nSPS) is 15.0. The van der Waals surface area contributed by atoms with Crippen molar-refractivity contribution in [1.29, 1.82) is 0 Å². The van der Waals surface area contributed by atoms with Crippen LogP contribution in [0.4, 0.5) is 0 Å². The molecular weight excluding hydrogens is 416 g/mol. The van der Waals surface area contributed by atoms with Gasteiger partial charge >= 0.3 is 0 Å². The molecule has 1 aliphatic carbocycles. The van der Waals surface area contributed by atoms with Crippen LogP contribution < -0.4 is 5.32 Å². The molecule has 0 saturated heterocycles. The highest BCUT2D eigenvalue weighted by Crippen LogP contribution is 2.22. The fraction of sp³-hybridized carbons (Fsp3) is 0.417.